The lowest BCUT2D eigenvalue weighted by atomic mass is 10.3. The highest BCUT2D eigenvalue weighted by atomic mass is 127. The second kappa shape index (κ2) is 4.38. The smallest absolute Gasteiger partial charge is 0.367 e. The minimum absolute atomic E-state index is 0.335. The van der Waals surface area contributed by atoms with Gasteiger partial charge in [0.25, 0.3) is 0 Å². The van der Waals surface area contributed by atoms with Crippen LogP contribution in [-0.4, -0.2) is 11.0 Å². The molecular formula is C6H5ClINO2S. The lowest BCUT2D eigenvalue weighted by Crippen LogP contribution is -2.01. The molecule has 0 amide bonds. The van der Waals surface area contributed by atoms with E-state index in [1.54, 1.807) is 0 Å². The van der Waals surface area contributed by atoms with E-state index in [-0.39, 0.29) is 0 Å². The molecule has 0 fully saturated rings. The summed E-state index contributed by atoms with van der Waals surface area (Å²) in [6.07, 6.45) is 0.742. The van der Waals surface area contributed by atoms with Gasteiger partial charge < -0.3 is 3.07 Å². The summed E-state index contributed by atoms with van der Waals surface area (Å²) in [7, 11) is 0. The second-order valence-corrected chi connectivity index (χ2v) is 4.06. The topological polar surface area (TPSA) is 39.2 Å². The molecule has 1 rings (SSSR count). The molecule has 0 saturated heterocycles. The maximum Gasteiger partial charge on any atom is 0.367 e. The Morgan fingerprint density at radius 3 is 3.00 bits per heavy atom. The Hall–Kier alpha value is 0.120. The lowest BCUT2D eigenvalue weighted by Gasteiger charge is -1.93. The van der Waals surface area contributed by atoms with E-state index < -0.39 is 5.97 Å². The monoisotopic (exact) mass is 317 g/mol. The normalized spacial score (nSPS) is 9.92. The molecule has 1 aromatic heterocycles. The van der Waals surface area contributed by atoms with Gasteiger partial charge in [-0.25, -0.2) is 9.78 Å². The van der Waals surface area contributed by atoms with Crippen LogP contribution in [0.5, 0.6) is 0 Å². The molecule has 66 valence electrons. The van der Waals surface area contributed by atoms with Gasteiger partial charge >= 0.3 is 5.97 Å². The minimum Gasteiger partial charge on any atom is -0.390 e. The van der Waals surface area contributed by atoms with Crippen molar-refractivity contribution in [1.29, 1.82) is 0 Å². The third-order valence-corrected chi connectivity index (χ3v) is 2.96. The van der Waals surface area contributed by atoms with Gasteiger partial charge in [-0.3, -0.25) is 0 Å². The van der Waals surface area contributed by atoms with E-state index in [0.717, 1.165) is 11.3 Å². The van der Waals surface area contributed by atoms with E-state index in [9.17, 15) is 4.79 Å². The number of aromatic nitrogens is 1. The fraction of sp³-hybridized carbons (Fsp3) is 0.333. The van der Waals surface area contributed by atoms with Crippen molar-refractivity contribution in [3.05, 3.63) is 15.0 Å². The zero-order valence-electron chi connectivity index (χ0n) is 6.13. The summed E-state index contributed by atoms with van der Waals surface area (Å²) in [6, 6.07) is 0. The van der Waals surface area contributed by atoms with Crippen LogP contribution < -0.4 is 0 Å². The molecule has 0 aromatic carbocycles. The van der Waals surface area contributed by atoms with Crippen LogP contribution in [0.3, 0.4) is 0 Å². The van der Waals surface area contributed by atoms with Crippen molar-refractivity contribution in [1.82, 2.24) is 4.98 Å². The Balaban J connectivity index is 3.04. The Morgan fingerprint density at radius 2 is 2.50 bits per heavy atom. The van der Waals surface area contributed by atoms with E-state index in [1.165, 1.54) is 34.3 Å². The van der Waals surface area contributed by atoms with Crippen LogP contribution in [0.1, 0.15) is 22.3 Å². The van der Waals surface area contributed by atoms with Gasteiger partial charge in [0, 0.05) is 4.88 Å². The first-order valence-electron chi connectivity index (χ1n) is 3.17. The summed E-state index contributed by atoms with van der Waals surface area (Å²) >= 11 is 8.48. The zero-order chi connectivity index (χ0) is 9.14. The molecule has 6 heteroatoms. The average Bonchev–Trinajstić information content (AvgIpc) is 2.45. The summed E-state index contributed by atoms with van der Waals surface area (Å²) in [4.78, 5) is 15.8. The predicted molar refractivity (Wildman–Crippen MR) is 55.9 cm³/mol. The van der Waals surface area contributed by atoms with Gasteiger partial charge in [0.1, 0.15) is 0 Å². The fourth-order valence-corrected chi connectivity index (χ4v) is 2.04. The van der Waals surface area contributed by atoms with Crippen molar-refractivity contribution in [2.75, 3.05) is 0 Å². The number of nitrogens with zero attached hydrogens (tertiary/aromatic N) is 1. The summed E-state index contributed by atoms with van der Waals surface area (Å²) in [5.74, 6) is -0.435. The molecule has 0 atom stereocenters. The van der Waals surface area contributed by atoms with Crippen LogP contribution in [0, 0.1) is 0 Å². The Morgan fingerprint density at radius 1 is 1.83 bits per heavy atom. The van der Waals surface area contributed by atoms with E-state index in [2.05, 4.69) is 8.05 Å². The quantitative estimate of drug-likeness (QED) is 0.787. The van der Waals surface area contributed by atoms with Crippen LogP contribution in [0.4, 0.5) is 0 Å². The van der Waals surface area contributed by atoms with E-state index in [4.69, 9.17) is 11.6 Å². The number of thiazole rings is 1. The Bertz CT molecular complexity index is 302. The van der Waals surface area contributed by atoms with Crippen LogP contribution in [0.25, 0.3) is 0 Å². The molecule has 0 bridgehead atoms. The molecular weight excluding hydrogens is 312 g/mol. The number of rotatable bonds is 2. The minimum atomic E-state index is -0.435. The van der Waals surface area contributed by atoms with E-state index in [1.807, 2.05) is 6.92 Å². The molecule has 1 heterocycles. The van der Waals surface area contributed by atoms with Gasteiger partial charge in [0.05, 0.1) is 0 Å². The van der Waals surface area contributed by atoms with Crippen molar-refractivity contribution in [2.24, 2.45) is 0 Å². The van der Waals surface area contributed by atoms with Crippen molar-refractivity contribution in [2.45, 2.75) is 13.3 Å². The maximum atomic E-state index is 11.1. The highest BCUT2D eigenvalue weighted by molar-refractivity contribution is 14.1. The van der Waals surface area contributed by atoms with Crippen molar-refractivity contribution in [3.63, 3.8) is 0 Å². The summed E-state index contributed by atoms with van der Waals surface area (Å²) < 4.78 is 4.89. The molecule has 0 aliphatic rings. The first-order chi connectivity index (χ1) is 5.69. The maximum absolute atomic E-state index is 11.1. The van der Waals surface area contributed by atoms with Gasteiger partial charge in [-0.15, -0.1) is 11.3 Å². The number of hydrogen-bond donors (Lipinski definition) is 0. The molecule has 0 N–H and O–H groups in total. The van der Waals surface area contributed by atoms with Gasteiger partial charge in [-0.2, -0.15) is 0 Å². The molecule has 0 aliphatic carbocycles. The van der Waals surface area contributed by atoms with Crippen molar-refractivity contribution in [3.8, 4) is 0 Å². The van der Waals surface area contributed by atoms with Crippen LogP contribution in [0.15, 0.2) is 0 Å². The summed E-state index contributed by atoms with van der Waals surface area (Å²) in [6.45, 7) is 1.94. The fourth-order valence-electron chi connectivity index (χ4n) is 0.759. The molecule has 1 aromatic rings. The standard InChI is InChI=1S/C6H5ClINO2S/c1-2-3-4(5(10)11-8)9-6(7)12-3/h2H2,1H3. The Labute approximate surface area is 92.8 Å². The molecule has 12 heavy (non-hydrogen) atoms. The Kier molecular flexibility index (Phi) is 3.73. The van der Waals surface area contributed by atoms with Crippen LogP contribution >= 0.6 is 45.9 Å². The van der Waals surface area contributed by atoms with Gasteiger partial charge in [0.2, 0.25) is 0 Å². The largest absolute Gasteiger partial charge is 0.390 e. The molecule has 0 aliphatic heterocycles. The van der Waals surface area contributed by atoms with Crippen LogP contribution in [0.2, 0.25) is 4.47 Å². The third kappa shape index (κ3) is 2.08. The van der Waals surface area contributed by atoms with Gasteiger partial charge in [-0.1, -0.05) is 18.5 Å². The highest BCUT2D eigenvalue weighted by Gasteiger charge is 2.16. The van der Waals surface area contributed by atoms with E-state index >= 15 is 0 Å². The summed E-state index contributed by atoms with van der Waals surface area (Å²) in [5, 5.41) is 0. The van der Waals surface area contributed by atoms with E-state index in [0.29, 0.717) is 10.2 Å². The first kappa shape index (κ1) is 10.2. The lowest BCUT2D eigenvalue weighted by molar-refractivity contribution is 0.0794. The molecule has 3 nitrogen and oxygen atoms in total. The zero-order valence-corrected chi connectivity index (χ0v) is 9.86. The van der Waals surface area contributed by atoms with Crippen molar-refractivity contribution < 1.29 is 7.86 Å². The third-order valence-electron chi connectivity index (χ3n) is 1.26. The number of halogens is 2. The van der Waals surface area contributed by atoms with Crippen molar-refractivity contribution >= 4 is 51.9 Å². The molecule has 0 saturated carbocycles. The molecule has 0 radical (unpaired) electrons. The SMILES string of the molecule is CCc1sc(Cl)nc1C(=O)OI. The predicted octanol–water partition coefficient (Wildman–Crippen LogP) is 2.87. The number of aryl methyl sites for hydroxylation is 1. The van der Waals surface area contributed by atoms with Gasteiger partial charge in [0.15, 0.2) is 33.2 Å². The summed E-state index contributed by atoms with van der Waals surface area (Å²) in [5.41, 5.74) is 0.335. The van der Waals surface area contributed by atoms with Gasteiger partial charge in [-0.05, 0) is 6.42 Å². The number of hydrogen-bond acceptors (Lipinski definition) is 4. The number of carbonyl (C=O) groups excluding carboxylic acids is 1. The molecule has 0 unspecified atom stereocenters. The first-order valence-corrected chi connectivity index (χ1v) is 5.24. The second-order valence-electron chi connectivity index (χ2n) is 1.96. The average molecular weight is 318 g/mol. The highest BCUT2D eigenvalue weighted by Crippen LogP contribution is 2.24. The number of carbonyl (C=O) groups is 1. The molecule has 0 spiro atoms. The van der Waals surface area contributed by atoms with Crippen LogP contribution in [-0.2, 0) is 9.49 Å².